The molecule has 0 aliphatic carbocycles. The molecule has 1 fully saturated rings. The Morgan fingerprint density at radius 2 is 2.56 bits per heavy atom. The number of thiazole rings is 1. The van der Waals surface area contributed by atoms with E-state index in [4.69, 9.17) is 0 Å². The van der Waals surface area contributed by atoms with Gasteiger partial charge in [-0.25, -0.2) is 4.98 Å². The lowest BCUT2D eigenvalue weighted by molar-refractivity contribution is -0.129. The molecule has 88 valence electrons. The van der Waals surface area contributed by atoms with Crippen molar-refractivity contribution in [1.29, 1.82) is 0 Å². The number of hydrogen-bond donors (Lipinski definition) is 1. The van der Waals surface area contributed by atoms with E-state index >= 15 is 0 Å². The monoisotopic (exact) mass is 239 g/mol. The first-order valence-electron chi connectivity index (χ1n) is 5.70. The Morgan fingerprint density at radius 3 is 3.25 bits per heavy atom. The van der Waals surface area contributed by atoms with Crippen LogP contribution in [0.2, 0.25) is 0 Å². The highest BCUT2D eigenvalue weighted by molar-refractivity contribution is 7.07. The maximum absolute atomic E-state index is 12.0. The zero-order valence-corrected chi connectivity index (χ0v) is 10.3. The van der Waals surface area contributed by atoms with Crippen LogP contribution in [0, 0.1) is 0 Å². The van der Waals surface area contributed by atoms with Crippen LogP contribution in [0.1, 0.15) is 25.5 Å². The van der Waals surface area contributed by atoms with E-state index in [-0.39, 0.29) is 11.9 Å². The SMILES string of the molecule is CCCNC1CCN(Cc2cscn2)C1=O. The highest BCUT2D eigenvalue weighted by Crippen LogP contribution is 2.15. The topological polar surface area (TPSA) is 45.2 Å². The van der Waals surface area contributed by atoms with Crippen molar-refractivity contribution in [1.82, 2.24) is 15.2 Å². The molecule has 1 N–H and O–H groups in total. The van der Waals surface area contributed by atoms with E-state index in [2.05, 4.69) is 17.2 Å². The van der Waals surface area contributed by atoms with Gasteiger partial charge in [-0.05, 0) is 19.4 Å². The van der Waals surface area contributed by atoms with E-state index in [1.54, 1.807) is 11.3 Å². The number of likely N-dealkylation sites (tertiary alicyclic amines) is 1. The minimum absolute atomic E-state index is 0.0265. The fourth-order valence-electron chi connectivity index (χ4n) is 1.92. The summed E-state index contributed by atoms with van der Waals surface area (Å²) >= 11 is 1.57. The van der Waals surface area contributed by atoms with Gasteiger partial charge in [0.2, 0.25) is 5.91 Å². The fourth-order valence-corrected chi connectivity index (χ4v) is 2.46. The number of carbonyl (C=O) groups is 1. The van der Waals surface area contributed by atoms with Gasteiger partial charge >= 0.3 is 0 Å². The van der Waals surface area contributed by atoms with Crippen molar-refractivity contribution in [3.8, 4) is 0 Å². The van der Waals surface area contributed by atoms with Crippen molar-refractivity contribution >= 4 is 17.2 Å². The van der Waals surface area contributed by atoms with Crippen molar-refractivity contribution in [3.05, 3.63) is 16.6 Å². The predicted molar refractivity (Wildman–Crippen MR) is 64.2 cm³/mol. The molecule has 0 spiro atoms. The van der Waals surface area contributed by atoms with Crippen molar-refractivity contribution in [2.75, 3.05) is 13.1 Å². The van der Waals surface area contributed by atoms with Crippen molar-refractivity contribution in [3.63, 3.8) is 0 Å². The van der Waals surface area contributed by atoms with Gasteiger partial charge in [0, 0.05) is 11.9 Å². The number of nitrogens with one attached hydrogen (secondary N) is 1. The summed E-state index contributed by atoms with van der Waals surface area (Å²) in [5.74, 6) is 0.224. The van der Waals surface area contributed by atoms with Crippen LogP contribution in [0.15, 0.2) is 10.9 Å². The second-order valence-electron chi connectivity index (χ2n) is 4.03. The average Bonchev–Trinajstić information content (AvgIpc) is 2.89. The van der Waals surface area contributed by atoms with Crippen LogP contribution in [0.3, 0.4) is 0 Å². The molecule has 2 heterocycles. The van der Waals surface area contributed by atoms with E-state index in [0.717, 1.165) is 31.6 Å². The lowest BCUT2D eigenvalue weighted by Crippen LogP contribution is -2.38. The van der Waals surface area contributed by atoms with Crippen LogP contribution < -0.4 is 5.32 Å². The molecule has 0 aromatic carbocycles. The summed E-state index contributed by atoms with van der Waals surface area (Å²) in [6.45, 7) is 4.53. The highest BCUT2D eigenvalue weighted by Gasteiger charge is 2.30. The lowest BCUT2D eigenvalue weighted by Gasteiger charge is -2.15. The highest BCUT2D eigenvalue weighted by atomic mass is 32.1. The molecule has 1 aliphatic rings. The zero-order chi connectivity index (χ0) is 11.4. The molecule has 1 atom stereocenters. The Morgan fingerprint density at radius 1 is 1.69 bits per heavy atom. The van der Waals surface area contributed by atoms with Gasteiger partial charge in [0.05, 0.1) is 23.8 Å². The normalized spacial score (nSPS) is 20.7. The summed E-state index contributed by atoms with van der Waals surface area (Å²) in [4.78, 5) is 18.1. The summed E-state index contributed by atoms with van der Waals surface area (Å²) in [5, 5.41) is 5.28. The van der Waals surface area contributed by atoms with Crippen LogP contribution in [0.25, 0.3) is 0 Å². The molecule has 5 heteroatoms. The molecule has 0 radical (unpaired) electrons. The molecule has 4 nitrogen and oxygen atoms in total. The van der Waals surface area contributed by atoms with Crippen LogP contribution in [0.4, 0.5) is 0 Å². The molecule has 0 saturated carbocycles. The molecule has 1 unspecified atom stereocenters. The van der Waals surface area contributed by atoms with Gasteiger partial charge in [-0.2, -0.15) is 0 Å². The van der Waals surface area contributed by atoms with Gasteiger partial charge < -0.3 is 10.2 Å². The molecule has 2 rings (SSSR count). The maximum Gasteiger partial charge on any atom is 0.240 e. The Hall–Kier alpha value is -0.940. The fraction of sp³-hybridized carbons (Fsp3) is 0.636. The predicted octanol–water partition coefficient (Wildman–Crippen LogP) is 1.24. The van der Waals surface area contributed by atoms with Crippen LogP contribution in [-0.4, -0.2) is 34.9 Å². The first kappa shape index (κ1) is 11.5. The lowest BCUT2D eigenvalue weighted by atomic mass is 10.2. The number of carbonyl (C=O) groups excluding carboxylic acids is 1. The van der Waals surface area contributed by atoms with E-state index < -0.39 is 0 Å². The van der Waals surface area contributed by atoms with Crippen molar-refractivity contribution in [2.24, 2.45) is 0 Å². The third-order valence-corrected chi connectivity index (χ3v) is 3.41. The summed E-state index contributed by atoms with van der Waals surface area (Å²) in [5.41, 5.74) is 2.80. The Bertz CT molecular complexity index is 339. The van der Waals surface area contributed by atoms with Gasteiger partial charge in [-0.15, -0.1) is 11.3 Å². The third kappa shape index (κ3) is 2.59. The number of rotatable bonds is 5. The van der Waals surface area contributed by atoms with E-state index in [9.17, 15) is 4.79 Å². The molecular weight excluding hydrogens is 222 g/mol. The largest absolute Gasteiger partial charge is 0.335 e. The molecule has 1 saturated heterocycles. The average molecular weight is 239 g/mol. The van der Waals surface area contributed by atoms with Crippen molar-refractivity contribution < 1.29 is 4.79 Å². The first-order chi connectivity index (χ1) is 7.81. The summed E-state index contributed by atoms with van der Waals surface area (Å²) < 4.78 is 0. The summed E-state index contributed by atoms with van der Waals surface area (Å²) in [6.07, 6.45) is 1.98. The van der Waals surface area contributed by atoms with Gasteiger partial charge in [0.1, 0.15) is 0 Å². The Balaban J connectivity index is 1.87. The number of nitrogens with zero attached hydrogens (tertiary/aromatic N) is 2. The van der Waals surface area contributed by atoms with Gasteiger partial charge in [-0.3, -0.25) is 4.79 Å². The number of amides is 1. The molecule has 1 aromatic rings. The van der Waals surface area contributed by atoms with E-state index in [1.165, 1.54) is 0 Å². The quantitative estimate of drug-likeness (QED) is 0.841. The molecule has 16 heavy (non-hydrogen) atoms. The van der Waals surface area contributed by atoms with Crippen LogP contribution in [0.5, 0.6) is 0 Å². The van der Waals surface area contributed by atoms with Gasteiger partial charge in [0.15, 0.2) is 0 Å². The summed E-state index contributed by atoms with van der Waals surface area (Å²) in [7, 11) is 0. The standard InChI is InChI=1S/C11H17N3OS/c1-2-4-12-10-3-5-14(11(10)15)6-9-7-16-8-13-9/h7-8,10,12H,2-6H2,1H3. The Labute approximate surface area is 99.7 Å². The second kappa shape index (κ2) is 5.41. The molecule has 1 aromatic heterocycles. The third-order valence-electron chi connectivity index (χ3n) is 2.77. The van der Waals surface area contributed by atoms with Gasteiger partial charge in [0.25, 0.3) is 0 Å². The Kier molecular flexibility index (Phi) is 3.90. The second-order valence-corrected chi connectivity index (χ2v) is 4.75. The number of aromatic nitrogens is 1. The first-order valence-corrected chi connectivity index (χ1v) is 6.64. The zero-order valence-electron chi connectivity index (χ0n) is 9.48. The molecule has 1 aliphatic heterocycles. The number of hydrogen-bond acceptors (Lipinski definition) is 4. The van der Waals surface area contributed by atoms with E-state index in [0.29, 0.717) is 6.54 Å². The van der Waals surface area contributed by atoms with Crippen LogP contribution >= 0.6 is 11.3 Å². The maximum atomic E-state index is 12.0. The van der Waals surface area contributed by atoms with Crippen molar-refractivity contribution in [2.45, 2.75) is 32.4 Å². The molecule has 1 amide bonds. The molecule has 0 bridgehead atoms. The minimum Gasteiger partial charge on any atom is -0.335 e. The van der Waals surface area contributed by atoms with Gasteiger partial charge in [-0.1, -0.05) is 6.92 Å². The van der Waals surface area contributed by atoms with E-state index in [1.807, 2.05) is 15.8 Å². The van der Waals surface area contributed by atoms with Crippen LogP contribution in [-0.2, 0) is 11.3 Å². The smallest absolute Gasteiger partial charge is 0.240 e. The molecular formula is C11H17N3OS. The summed E-state index contributed by atoms with van der Waals surface area (Å²) in [6, 6.07) is 0.0265. The minimum atomic E-state index is 0.0265.